The normalized spacial score (nSPS) is 9.92. The Bertz CT molecular complexity index is 268. The number of nitrogens with one attached hydrogen (secondary N) is 1. The molecule has 0 unspecified atom stereocenters. The number of hydrogen-bond acceptors (Lipinski definition) is 2. The van der Waals surface area contributed by atoms with Gasteiger partial charge in [-0.2, -0.15) is 0 Å². The van der Waals surface area contributed by atoms with Crippen molar-refractivity contribution in [2.24, 2.45) is 0 Å². The Balaban J connectivity index is 2.75. The smallest absolute Gasteiger partial charge is 0.129 e. The van der Waals surface area contributed by atoms with Gasteiger partial charge >= 0.3 is 0 Å². The van der Waals surface area contributed by atoms with Crippen molar-refractivity contribution in [3.8, 4) is 0 Å². The number of anilines is 1. The lowest BCUT2D eigenvalue weighted by Gasteiger charge is -2.05. The summed E-state index contributed by atoms with van der Waals surface area (Å²) in [4.78, 5) is 4.02. The predicted octanol–water partition coefficient (Wildman–Crippen LogP) is 2.99. The van der Waals surface area contributed by atoms with Crippen LogP contribution in [0.3, 0.4) is 0 Å². The van der Waals surface area contributed by atoms with Crippen LogP contribution in [0.1, 0.15) is 0 Å². The van der Waals surface area contributed by atoms with Crippen molar-refractivity contribution >= 4 is 37.5 Å². The molecule has 0 aromatic carbocycles. The van der Waals surface area contributed by atoms with Crippen LogP contribution in [-0.2, 0) is 0 Å². The summed E-state index contributed by atoms with van der Waals surface area (Å²) in [7, 11) is 0. The lowest BCUT2D eigenvalue weighted by molar-refractivity contribution is 0.512. The maximum atomic E-state index is 11.8. The fourth-order valence-electron chi connectivity index (χ4n) is 0.728. The molecular formula is C7H7Br2FN2. The van der Waals surface area contributed by atoms with E-state index in [0.29, 0.717) is 11.1 Å². The van der Waals surface area contributed by atoms with E-state index in [-0.39, 0.29) is 6.67 Å². The van der Waals surface area contributed by atoms with Gasteiger partial charge in [-0.25, -0.2) is 9.37 Å². The fraction of sp³-hybridized carbons (Fsp3) is 0.286. The Hall–Kier alpha value is -0.160. The van der Waals surface area contributed by atoms with Crippen molar-refractivity contribution in [1.29, 1.82) is 0 Å². The molecule has 0 radical (unpaired) electrons. The largest absolute Gasteiger partial charge is 0.380 e. The molecule has 66 valence electrons. The summed E-state index contributed by atoms with van der Waals surface area (Å²) >= 11 is 6.51. The van der Waals surface area contributed by atoms with Crippen molar-refractivity contribution in [3.63, 3.8) is 0 Å². The van der Waals surface area contributed by atoms with Gasteiger partial charge in [0, 0.05) is 17.2 Å². The van der Waals surface area contributed by atoms with Crippen molar-refractivity contribution < 1.29 is 4.39 Å². The topological polar surface area (TPSA) is 24.9 Å². The van der Waals surface area contributed by atoms with Gasteiger partial charge in [0.25, 0.3) is 0 Å². The molecule has 12 heavy (non-hydrogen) atoms. The summed E-state index contributed by atoms with van der Waals surface area (Å²) in [5, 5.41) is 2.89. The second-order valence-electron chi connectivity index (χ2n) is 2.11. The van der Waals surface area contributed by atoms with Crippen LogP contribution in [-0.4, -0.2) is 18.2 Å². The lowest BCUT2D eigenvalue weighted by Crippen LogP contribution is -2.03. The van der Waals surface area contributed by atoms with E-state index < -0.39 is 0 Å². The number of rotatable bonds is 3. The van der Waals surface area contributed by atoms with E-state index >= 15 is 0 Å². The molecule has 1 aromatic rings. The molecule has 1 rings (SSSR count). The molecule has 0 saturated heterocycles. The summed E-state index contributed by atoms with van der Waals surface area (Å²) in [6.07, 6.45) is 1.67. The average Bonchev–Trinajstić information content (AvgIpc) is 2.07. The van der Waals surface area contributed by atoms with Crippen LogP contribution >= 0.6 is 31.9 Å². The van der Waals surface area contributed by atoms with E-state index in [1.807, 2.05) is 6.07 Å². The highest BCUT2D eigenvalue weighted by Crippen LogP contribution is 2.22. The van der Waals surface area contributed by atoms with E-state index in [4.69, 9.17) is 0 Å². The Morgan fingerprint density at radius 3 is 2.92 bits per heavy atom. The predicted molar refractivity (Wildman–Crippen MR) is 54.1 cm³/mol. The highest BCUT2D eigenvalue weighted by Gasteiger charge is 2.00. The number of halogens is 3. The SMILES string of the molecule is FCCNc1cc(Br)cnc1Br. The van der Waals surface area contributed by atoms with Crippen LogP contribution in [0.4, 0.5) is 10.1 Å². The minimum absolute atomic E-state index is 0.302. The first-order valence-electron chi connectivity index (χ1n) is 3.35. The third-order valence-electron chi connectivity index (χ3n) is 1.22. The van der Waals surface area contributed by atoms with Crippen LogP contribution < -0.4 is 5.32 Å². The molecule has 0 bridgehead atoms. The van der Waals surface area contributed by atoms with E-state index in [0.717, 1.165) is 10.2 Å². The summed E-state index contributed by atoms with van der Waals surface area (Å²) in [6.45, 7) is -0.0876. The summed E-state index contributed by atoms with van der Waals surface area (Å²) < 4.78 is 13.4. The van der Waals surface area contributed by atoms with Gasteiger partial charge in [0.2, 0.25) is 0 Å². The highest BCUT2D eigenvalue weighted by molar-refractivity contribution is 9.11. The summed E-state index contributed by atoms with van der Waals surface area (Å²) in [6, 6.07) is 1.84. The molecule has 0 aliphatic heterocycles. The second-order valence-corrected chi connectivity index (χ2v) is 3.77. The van der Waals surface area contributed by atoms with Gasteiger partial charge in [0.15, 0.2) is 0 Å². The Labute approximate surface area is 86.8 Å². The van der Waals surface area contributed by atoms with E-state index in [2.05, 4.69) is 42.2 Å². The molecule has 1 heterocycles. The summed E-state index contributed by atoms with van der Waals surface area (Å²) in [5.41, 5.74) is 0.794. The molecule has 1 aromatic heterocycles. The zero-order valence-corrected chi connectivity index (χ0v) is 9.32. The van der Waals surface area contributed by atoms with E-state index in [9.17, 15) is 4.39 Å². The molecule has 5 heteroatoms. The van der Waals surface area contributed by atoms with Crippen LogP contribution in [0.25, 0.3) is 0 Å². The quantitative estimate of drug-likeness (QED) is 0.868. The molecular weight excluding hydrogens is 291 g/mol. The Kier molecular flexibility index (Phi) is 3.94. The number of alkyl halides is 1. The molecule has 0 spiro atoms. The zero-order chi connectivity index (χ0) is 8.97. The van der Waals surface area contributed by atoms with Gasteiger partial charge < -0.3 is 5.32 Å². The highest BCUT2D eigenvalue weighted by atomic mass is 79.9. The second kappa shape index (κ2) is 4.77. The minimum Gasteiger partial charge on any atom is -0.380 e. The van der Waals surface area contributed by atoms with Crippen LogP contribution in [0.5, 0.6) is 0 Å². The molecule has 0 aliphatic rings. The number of hydrogen-bond donors (Lipinski definition) is 1. The van der Waals surface area contributed by atoms with Crippen molar-refractivity contribution in [2.45, 2.75) is 0 Å². The summed E-state index contributed by atoms with van der Waals surface area (Å²) in [5.74, 6) is 0. The fourth-order valence-corrected chi connectivity index (χ4v) is 1.42. The molecule has 0 saturated carbocycles. The van der Waals surface area contributed by atoms with Gasteiger partial charge in [-0.05, 0) is 37.9 Å². The maximum absolute atomic E-state index is 11.8. The van der Waals surface area contributed by atoms with Gasteiger partial charge in [-0.1, -0.05) is 0 Å². The number of aromatic nitrogens is 1. The van der Waals surface area contributed by atoms with Gasteiger partial charge in [0.1, 0.15) is 11.3 Å². The standard InChI is InChI=1S/C7H7Br2FN2/c8-5-3-6(11-2-1-10)7(9)12-4-5/h3-4,11H,1-2H2. The van der Waals surface area contributed by atoms with Gasteiger partial charge in [0.05, 0.1) is 5.69 Å². The third kappa shape index (κ3) is 2.71. The van der Waals surface area contributed by atoms with E-state index in [1.165, 1.54) is 0 Å². The number of nitrogens with zero attached hydrogens (tertiary/aromatic N) is 1. The first-order valence-corrected chi connectivity index (χ1v) is 4.93. The third-order valence-corrected chi connectivity index (χ3v) is 2.28. The molecule has 0 amide bonds. The average molecular weight is 298 g/mol. The van der Waals surface area contributed by atoms with Crippen LogP contribution in [0.15, 0.2) is 21.3 Å². The zero-order valence-electron chi connectivity index (χ0n) is 6.15. The number of pyridine rings is 1. The van der Waals surface area contributed by atoms with E-state index in [1.54, 1.807) is 6.20 Å². The molecule has 0 atom stereocenters. The first-order chi connectivity index (χ1) is 5.74. The van der Waals surface area contributed by atoms with Gasteiger partial charge in [-0.3, -0.25) is 0 Å². The monoisotopic (exact) mass is 296 g/mol. The minimum atomic E-state index is -0.390. The molecule has 2 nitrogen and oxygen atoms in total. The molecule has 0 aliphatic carbocycles. The lowest BCUT2D eigenvalue weighted by atomic mass is 10.4. The Morgan fingerprint density at radius 1 is 1.50 bits per heavy atom. The maximum Gasteiger partial charge on any atom is 0.129 e. The molecule has 1 N–H and O–H groups in total. The van der Waals surface area contributed by atoms with Crippen molar-refractivity contribution in [3.05, 3.63) is 21.3 Å². The first kappa shape index (κ1) is 9.92. The van der Waals surface area contributed by atoms with Gasteiger partial charge in [-0.15, -0.1) is 0 Å². The van der Waals surface area contributed by atoms with Crippen molar-refractivity contribution in [1.82, 2.24) is 4.98 Å². The molecule has 0 fully saturated rings. The van der Waals surface area contributed by atoms with Crippen molar-refractivity contribution in [2.75, 3.05) is 18.5 Å². The Morgan fingerprint density at radius 2 is 2.25 bits per heavy atom. The van der Waals surface area contributed by atoms with Crippen LogP contribution in [0.2, 0.25) is 0 Å². The van der Waals surface area contributed by atoms with Crippen LogP contribution in [0, 0.1) is 0 Å².